The zero-order valence-electron chi connectivity index (χ0n) is 18.6. The number of carbonyl (C=O) groups excluding carboxylic acids is 1. The molecule has 5 rings (SSSR count). The van der Waals surface area contributed by atoms with Crippen LogP contribution in [0.5, 0.6) is 0 Å². The summed E-state index contributed by atoms with van der Waals surface area (Å²) in [4.78, 5) is 13.5. The first-order valence-electron chi connectivity index (χ1n) is 12.0. The molecule has 2 aromatic rings. The van der Waals surface area contributed by atoms with Crippen molar-refractivity contribution in [3.63, 3.8) is 0 Å². The van der Waals surface area contributed by atoms with E-state index < -0.39 is 0 Å². The van der Waals surface area contributed by atoms with E-state index in [1.807, 2.05) is 0 Å². The first kappa shape index (κ1) is 22.9. The van der Waals surface area contributed by atoms with E-state index >= 15 is 0 Å². The minimum absolute atomic E-state index is 0.0558. The number of hydrogen-bond donors (Lipinski definition) is 1. The molecule has 0 bridgehead atoms. The summed E-state index contributed by atoms with van der Waals surface area (Å²) < 4.78 is 2.12. The average Bonchev–Trinajstić information content (AvgIpc) is 3.23. The lowest BCUT2D eigenvalue weighted by molar-refractivity contribution is 0.167. The predicted octanol–water partition coefficient (Wildman–Crippen LogP) is 7.85. The van der Waals surface area contributed by atoms with Crippen LogP contribution in [0, 0.1) is 5.92 Å². The quantitative estimate of drug-likeness (QED) is 0.401. The van der Waals surface area contributed by atoms with Gasteiger partial charge in [0, 0.05) is 20.9 Å². The van der Waals surface area contributed by atoms with Gasteiger partial charge in [0.15, 0.2) is 0 Å². The molecule has 1 aliphatic heterocycles. The number of benzene rings is 2. The number of carbonyl (C=O) groups is 1. The molecule has 3 aliphatic rings. The van der Waals surface area contributed by atoms with Crippen molar-refractivity contribution in [2.75, 3.05) is 0 Å². The Morgan fingerprint density at radius 3 is 2.27 bits per heavy atom. The van der Waals surface area contributed by atoms with Crippen LogP contribution in [0.4, 0.5) is 4.79 Å². The van der Waals surface area contributed by atoms with E-state index in [2.05, 4.69) is 91.8 Å². The number of rotatable bonds is 3. The summed E-state index contributed by atoms with van der Waals surface area (Å²) >= 11 is 7.07. The molecule has 2 aliphatic carbocycles. The van der Waals surface area contributed by atoms with E-state index in [9.17, 15) is 4.79 Å². The molecule has 6 heteroatoms. The molecule has 0 unspecified atom stereocenters. The van der Waals surface area contributed by atoms with Gasteiger partial charge in [-0.2, -0.15) is 5.10 Å². The molecule has 2 saturated carbocycles. The van der Waals surface area contributed by atoms with E-state index in [4.69, 9.17) is 5.10 Å². The average molecular weight is 571 g/mol. The zero-order valence-corrected chi connectivity index (χ0v) is 21.8. The lowest BCUT2D eigenvalue weighted by atomic mass is 9.77. The van der Waals surface area contributed by atoms with Gasteiger partial charge in [0.05, 0.1) is 11.8 Å². The van der Waals surface area contributed by atoms with E-state index in [1.165, 1.54) is 30.4 Å². The Labute approximate surface area is 212 Å². The monoisotopic (exact) mass is 569 g/mol. The van der Waals surface area contributed by atoms with E-state index in [-0.39, 0.29) is 24.0 Å². The van der Waals surface area contributed by atoms with Crippen molar-refractivity contribution in [2.45, 2.75) is 63.5 Å². The van der Waals surface area contributed by atoms with Crippen molar-refractivity contribution < 1.29 is 4.79 Å². The Hall–Kier alpha value is -1.92. The number of amides is 2. The van der Waals surface area contributed by atoms with Crippen LogP contribution in [0.2, 0.25) is 0 Å². The fourth-order valence-corrected chi connectivity index (χ4v) is 5.94. The highest BCUT2D eigenvalue weighted by molar-refractivity contribution is 9.10. The maximum absolute atomic E-state index is 13.5. The van der Waals surface area contributed by atoms with Gasteiger partial charge in [-0.05, 0) is 79.1 Å². The number of hydrogen-bond acceptors (Lipinski definition) is 2. The number of nitrogens with one attached hydrogen (secondary N) is 1. The molecule has 0 radical (unpaired) electrons. The van der Waals surface area contributed by atoms with E-state index in [1.54, 1.807) is 5.01 Å². The van der Waals surface area contributed by atoms with Crippen LogP contribution in [0.15, 0.2) is 68.2 Å². The number of allylic oxidation sites excluding steroid dienone is 1. The highest BCUT2D eigenvalue weighted by Gasteiger charge is 2.44. The molecule has 2 fully saturated rings. The van der Waals surface area contributed by atoms with Crippen LogP contribution in [0.1, 0.15) is 68.5 Å². The third-order valence-electron chi connectivity index (χ3n) is 7.06. The summed E-state index contributed by atoms with van der Waals surface area (Å²) in [6, 6.07) is 16.9. The summed E-state index contributed by atoms with van der Waals surface area (Å²) in [6.45, 7) is 0. The van der Waals surface area contributed by atoms with Crippen LogP contribution < -0.4 is 5.32 Å². The van der Waals surface area contributed by atoms with E-state index in [0.717, 1.165) is 52.3 Å². The van der Waals surface area contributed by atoms with Crippen molar-refractivity contribution in [1.29, 1.82) is 0 Å². The van der Waals surface area contributed by atoms with Crippen molar-refractivity contribution >= 4 is 49.7 Å². The summed E-state index contributed by atoms with van der Waals surface area (Å²) in [5.41, 5.74) is 4.65. The summed E-state index contributed by atoms with van der Waals surface area (Å²) in [5.74, 6) is 0.221. The molecule has 4 nitrogen and oxygen atoms in total. The van der Waals surface area contributed by atoms with Gasteiger partial charge in [0.1, 0.15) is 0 Å². The molecule has 2 amide bonds. The second-order valence-corrected chi connectivity index (χ2v) is 11.2. The molecule has 2 aromatic carbocycles. The number of hydrazone groups is 1. The maximum Gasteiger partial charge on any atom is 0.338 e. The third-order valence-corrected chi connectivity index (χ3v) is 8.12. The van der Waals surface area contributed by atoms with Crippen LogP contribution >= 0.6 is 31.9 Å². The maximum atomic E-state index is 13.5. The lowest BCUT2D eigenvalue weighted by Gasteiger charge is -2.31. The largest absolute Gasteiger partial charge is 0.338 e. The van der Waals surface area contributed by atoms with Gasteiger partial charge in [-0.15, -0.1) is 0 Å². The Morgan fingerprint density at radius 1 is 0.909 bits per heavy atom. The Kier molecular flexibility index (Phi) is 7.02. The topological polar surface area (TPSA) is 44.7 Å². The lowest BCUT2D eigenvalue weighted by Crippen LogP contribution is -2.44. The van der Waals surface area contributed by atoms with Crippen molar-refractivity contribution in [3.8, 4) is 0 Å². The van der Waals surface area contributed by atoms with Crippen LogP contribution in [-0.2, 0) is 0 Å². The Bertz CT molecular complexity index is 1060. The zero-order chi connectivity index (χ0) is 22.8. The number of fused-ring (bicyclic) bond motifs is 1. The molecule has 0 saturated heterocycles. The SMILES string of the molecule is O=C(NC1CCCCC1)N1N=C2/C(=C\c3ccc(Br)cc3)CCC[C@H]2[C@@H]1c1ccc(Br)cc1. The van der Waals surface area contributed by atoms with Gasteiger partial charge in [0.25, 0.3) is 0 Å². The van der Waals surface area contributed by atoms with Crippen molar-refractivity contribution in [2.24, 2.45) is 11.0 Å². The smallest absolute Gasteiger partial charge is 0.334 e. The van der Waals surface area contributed by atoms with Crippen LogP contribution in [0.25, 0.3) is 6.08 Å². The first-order valence-corrected chi connectivity index (χ1v) is 13.6. The minimum atomic E-state index is -0.0645. The molecule has 0 spiro atoms. The first-order chi connectivity index (χ1) is 16.1. The second-order valence-electron chi connectivity index (χ2n) is 9.33. The third kappa shape index (κ3) is 5.12. The van der Waals surface area contributed by atoms with Gasteiger partial charge < -0.3 is 5.32 Å². The molecule has 1 heterocycles. The molecule has 0 aromatic heterocycles. The highest BCUT2D eigenvalue weighted by atomic mass is 79.9. The second kappa shape index (κ2) is 10.1. The Morgan fingerprint density at radius 2 is 1.58 bits per heavy atom. The summed E-state index contributed by atoms with van der Waals surface area (Å²) in [7, 11) is 0. The standard InChI is InChI=1S/C27H29Br2N3O/c28-21-13-9-18(10-14-21)17-20-5-4-8-24-25(20)31-32(26(24)19-11-15-22(29)16-12-19)27(33)30-23-6-2-1-3-7-23/h9-17,23-24,26H,1-8H2,(H,30,33)/b20-17-/t24-,26+/m1/s1. The molecule has 2 atom stereocenters. The number of nitrogens with zero attached hydrogens (tertiary/aromatic N) is 2. The fraction of sp³-hybridized carbons (Fsp3) is 0.407. The molecular formula is C27H29Br2N3O. The number of halogens is 2. The predicted molar refractivity (Wildman–Crippen MR) is 141 cm³/mol. The van der Waals surface area contributed by atoms with Gasteiger partial charge in [-0.25, -0.2) is 9.80 Å². The van der Waals surface area contributed by atoms with Crippen molar-refractivity contribution in [3.05, 3.63) is 74.2 Å². The van der Waals surface area contributed by atoms with Gasteiger partial charge in [0.2, 0.25) is 0 Å². The molecule has 172 valence electrons. The van der Waals surface area contributed by atoms with Crippen molar-refractivity contribution in [1.82, 2.24) is 10.3 Å². The Balaban J connectivity index is 1.48. The molecular weight excluding hydrogens is 542 g/mol. The summed E-state index contributed by atoms with van der Waals surface area (Å²) in [6.07, 6.45) is 11.2. The van der Waals surface area contributed by atoms with Crippen LogP contribution in [0.3, 0.4) is 0 Å². The van der Waals surface area contributed by atoms with Gasteiger partial charge in [-0.3, -0.25) is 0 Å². The van der Waals surface area contributed by atoms with E-state index in [0.29, 0.717) is 0 Å². The van der Waals surface area contributed by atoms with Gasteiger partial charge in [-0.1, -0.05) is 75.4 Å². The normalized spacial score (nSPS) is 24.5. The highest BCUT2D eigenvalue weighted by Crippen LogP contribution is 2.44. The van der Waals surface area contributed by atoms with Crippen LogP contribution in [-0.4, -0.2) is 22.8 Å². The minimum Gasteiger partial charge on any atom is -0.334 e. The fourth-order valence-electron chi connectivity index (χ4n) is 5.41. The molecule has 33 heavy (non-hydrogen) atoms. The van der Waals surface area contributed by atoms with Gasteiger partial charge >= 0.3 is 6.03 Å². The summed E-state index contributed by atoms with van der Waals surface area (Å²) in [5, 5.41) is 10.0. The number of urea groups is 1. The molecule has 1 N–H and O–H groups in total.